The Morgan fingerprint density at radius 3 is 2.83 bits per heavy atom. The van der Waals surface area contributed by atoms with E-state index >= 15 is 0 Å². The van der Waals surface area contributed by atoms with Gasteiger partial charge in [-0.15, -0.1) is 0 Å². The van der Waals surface area contributed by atoms with Gasteiger partial charge < -0.3 is 14.4 Å². The molecule has 4 rings (SSSR count). The number of hydrogen-bond acceptors (Lipinski definition) is 7. The highest BCUT2D eigenvalue weighted by Gasteiger charge is 2.26. The van der Waals surface area contributed by atoms with E-state index in [0.29, 0.717) is 5.89 Å². The summed E-state index contributed by atoms with van der Waals surface area (Å²) in [6, 6.07) is 2.17. The fraction of sp³-hybridized carbons (Fsp3) is 0.500. The lowest BCUT2D eigenvalue weighted by molar-refractivity contribution is 0.164. The van der Waals surface area contributed by atoms with E-state index in [1.54, 1.807) is 6.33 Å². The van der Waals surface area contributed by atoms with Crippen molar-refractivity contribution >= 4 is 16.9 Å². The van der Waals surface area contributed by atoms with Crippen LogP contribution in [0.3, 0.4) is 0 Å². The summed E-state index contributed by atoms with van der Waals surface area (Å²) in [5.74, 6) is 2.47. The largest absolute Gasteiger partial charge is 0.353 e. The predicted octanol–water partition coefficient (Wildman–Crippen LogP) is 1.79. The minimum Gasteiger partial charge on any atom is -0.353 e. The summed E-state index contributed by atoms with van der Waals surface area (Å²) < 4.78 is 5.39. The Morgan fingerprint density at radius 1 is 1.25 bits per heavy atom. The summed E-state index contributed by atoms with van der Waals surface area (Å²) >= 11 is 0. The van der Waals surface area contributed by atoms with E-state index in [1.807, 2.05) is 19.2 Å². The number of piperazine rings is 1. The zero-order valence-corrected chi connectivity index (χ0v) is 13.9. The van der Waals surface area contributed by atoms with E-state index in [1.165, 1.54) is 0 Å². The van der Waals surface area contributed by atoms with Crippen LogP contribution in [0.4, 0.5) is 5.82 Å². The van der Waals surface area contributed by atoms with Crippen LogP contribution in [0.2, 0.25) is 0 Å². The van der Waals surface area contributed by atoms with Crippen molar-refractivity contribution in [3.8, 4) is 0 Å². The van der Waals surface area contributed by atoms with Gasteiger partial charge in [0.2, 0.25) is 5.89 Å². The third kappa shape index (κ3) is 2.62. The Balaban J connectivity index is 1.45. The molecule has 8 nitrogen and oxygen atoms in total. The van der Waals surface area contributed by atoms with Crippen LogP contribution in [-0.4, -0.2) is 56.2 Å². The monoisotopic (exact) mass is 327 g/mol. The highest BCUT2D eigenvalue weighted by molar-refractivity contribution is 5.87. The molecule has 8 heteroatoms. The summed E-state index contributed by atoms with van der Waals surface area (Å²) in [7, 11) is 0. The number of anilines is 1. The highest BCUT2D eigenvalue weighted by atomic mass is 16.5. The number of hydrogen-bond donors (Lipinski definition) is 1. The fourth-order valence-electron chi connectivity index (χ4n) is 3.17. The first-order valence-corrected chi connectivity index (χ1v) is 8.36. The summed E-state index contributed by atoms with van der Waals surface area (Å²) in [6.07, 6.45) is 4.32. The normalized spacial score (nSPS) is 17.5. The second kappa shape index (κ2) is 6.20. The lowest BCUT2D eigenvalue weighted by Crippen LogP contribution is -2.47. The molecule has 1 unspecified atom stereocenters. The quantitative estimate of drug-likeness (QED) is 0.781. The standard InChI is InChI=1S/C16H21N7O/c1-3-13-20-16(24-21-13)11(2)22-6-8-23(9-7-22)15-12-4-5-17-14(12)18-10-19-15/h4-5,10-11H,3,6-9H2,1-2H3,(H,17,18,19). The molecule has 0 spiro atoms. The van der Waals surface area contributed by atoms with E-state index < -0.39 is 0 Å². The minimum absolute atomic E-state index is 0.137. The van der Waals surface area contributed by atoms with Crippen LogP contribution < -0.4 is 4.90 Å². The summed E-state index contributed by atoms with van der Waals surface area (Å²) in [5, 5.41) is 5.07. The molecule has 3 aromatic heterocycles. The average Bonchev–Trinajstić information content (AvgIpc) is 3.30. The van der Waals surface area contributed by atoms with Crippen molar-refractivity contribution in [2.24, 2.45) is 0 Å². The van der Waals surface area contributed by atoms with Gasteiger partial charge in [-0.2, -0.15) is 4.98 Å². The molecule has 0 saturated carbocycles. The van der Waals surface area contributed by atoms with E-state index in [9.17, 15) is 0 Å². The second-order valence-corrected chi connectivity index (χ2v) is 6.04. The first-order valence-electron chi connectivity index (χ1n) is 8.36. The lowest BCUT2D eigenvalue weighted by atomic mass is 10.2. The number of nitrogens with zero attached hydrogens (tertiary/aromatic N) is 6. The Bertz CT molecular complexity index is 819. The number of nitrogens with one attached hydrogen (secondary N) is 1. The van der Waals surface area contributed by atoms with Crippen molar-refractivity contribution in [2.45, 2.75) is 26.3 Å². The van der Waals surface area contributed by atoms with Gasteiger partial charge in [0.15, 0.2) is 5.82 Å². The third-order valence-corrected chi connectivity index (χ3v) is 4.65. The van der Waals surface area contributed by atoms with Crippen LogP contribution in [0.25, 0.3) is 11.0 Å². The maximum Gasteiger partial charge on any atom is 0.243 e. The maximum atomic E-state index is 5.39. The molecule has 0 amide bonds. The lowest BCUT2D eigenvalue weighted by Gasteiger charge is -2.37. The van der Waals surface area contributed by atoms with Gasteiger partial charge in [-0.25, -0.2) is 9.97 Å². The first kappa shape index (κ1) is 15.1. The van der Waals surface area contributed by atoms with Crippen LogP contribution in [-0.2, 0) is 6.42 Å². The van der Waals surface area contributed by atoms with Crippen molar-refractivity contribution in [3.63, 3.8) is 0 Å². The minimum atomic E-state index is 0.137. The smallest absolute Gasteiger partial charge is 0.243 e. The molecule has 1 aliphatic rings. The van der Waals surface area contributed by atoms with Crippen LogP contribution in [0.5, 0.6) is 0 Å². The van der Waals surface area contributed by atoms with Gasteiger partial charge in [-0.1, -0.05) is 12.1 Å². The number of aryl methyl sites for hydroxylation is 1. The van der Waals surface area contributed by atoms with Gasteiger partial charge in [0.25, 0.3) is 0 Å². The van der Waals surface area contributed by atoms with E-state index in [4.69, 9.17) is 4.52 Å². The zero-order chi connectivity index (χ0) is 16.5. The molecule has 0 bridgehead atoms. The van der Waals surface area contributed by atoms with Crippen LogP contribution >= 0.6 is 0 Å². The number of aromatic amines is 1. The van der Waals surface area contributed by atoms with E-state index in [2.05, 4.69) is 41.8 Å². The number of aromatic nitrogens is 5. The molecule has 24 heavy (non-hydrogen) atoms. The van der Waals surface area contributed by atoms with Crippen molar-refractivity contribution in [1.29, 1.82) is 0 Å². The van der Waals surface area contributed by atoms with Crippen molar-refractivity contribution in [1.82, 2.24) is 30.0 Å². The molecular weight excluding hydrogens is 306 g/mol. The number of fused-ring (bicyclic) bond motifs is 1. The molecule has 1 aliphatic heterocycles. The Hall–Kier alpha value is -2.48. The molecule has 1 N–H and O–H groups in total. The van der Waals surface area contributed by atoms with Crippen LogP contribution in [0.15, 0.2) is 23.1 Å². The average molecular weight is 327 g/mol. The Kier molecular flexibility index (Phi) is 3.89. The molecule has 1 atom stereocenters. The highest BCUT2D eigenvalue weighted by Crippen LogP contribution is 2.25. The molecule has 1 saturated heterocycles. The number of H-pyrrole nitrogens is 1. The van der Waals surface area contributed by atoms with Gasteiger partial charge in [0.05, 0.1) is 11.4 Å². The molecule has 1 fully saturated rings. The zero-order valence-electron chi connectivity index (χ0n) is 13.9. The molecule has 0 aromatic carbocycles. The molecule has 0 radical (unpaired) electrons. The first-order chi connectivity index (χ1) is 11.8. The summed E-state index contributed by atoms with van der Waals surface area (Å²) in [4.78, 5) is 21.0. The molecule has 0 aliphatic carbocycles. The van der Waals surface area contributed by atoms with E-state index in [-0.39, 0.29) is 6.04 Å². The van der Waals surface area contributed by atoms with Gasteiger partial charge in [0.1, 0.15) is 17.8 Å². The molecule has 4 heterocycles. The molecule has 126 valence electrons. The number of rotatable bonds is 4. The SMILES string of the molecule is CCc1noc(C(C)N2CCN(c3ncnc4[nH]ccc34)CC2)n1. The topological polar surface area (TPSA) is 87.0 Å². The van der Waals surface area contributed by atoms with Crippen LogP contribution in [0, 0.1) is 0 Å². The Morgan fingerprint density at radius 2 is 2.08 bits per heavy atom. The summed E-state index contributed by atoms with van der Waals surface area (Å²) in [6.45, 7) is 7.84. The van der Waals surface area contributed by atoms with E-state index in [0.717, 1.165) is 55.3 Å². The van der Waals surface area contributed by atoms with Gasteiger partial charge in [0, 0.05) is 38.8 Å². The Labute approximate surface area is 139 Å². The second-order valence-electron chi connectivity index (χ2n) is 6.04. The van der Waals surface area contributed by atoms with Crippen molar-refractivity contribution < 1.29 is 4.52 Å². The van der Waals surface area contributed by atoms with Gasteiger partial charge >= 0.3 is 0 Å². The van der Waals surface area contributed by atoms with Crippen LogP contribution in [0.1, 0.15) is 31.6 Å². The maximum absolute atomic E-state index is 5.39. The fourth-order valence-corrected chi connectivity index (χ4v) is 3.17. The van der Waals surface area contributed by atoms with Gasteiger partial charge in [-0.3, -0.25) is 4.90 Å². The predicted molar refractivity (Wildman–Crippen MR) is 89.8 cm³/mol. The molecular formula is C16H21N7O. The van der Waals surface area contributed by atoms with Gasteiger partial charge in [-0.05, 0) is 13.0 Å². The van der Waals surface area contributed by atoms with Crippen molar-refractivity contribution in [3.05, 3.63) is 30.3 Å². The third-order valence-electron chi connectivity index (χ3n) is 4.65. The molecule has 3 aromatic rings. The van der Waals surface area contributed by atoms with Crippen molar-refractivity contribution in [2.75, 3.05) is 31.1 Å². The summed E-state index contributed by atoms with van der Waals surface area (Å²) in [5.41, 5.74) is 0.883.